The minimum Gasteiger partial charge on any atom is -0.382 e. The fourth-order valence-corrected chi connectivity index (χ4v) is 5.56. The third kappa shape index (κ3) is 7.73. The fraction of sp³-hybridized carbons (Fsp3) is 0.533. The van der Waals surface area contributed by atoms with E-state index in [1.807, 2.05) is 4.90 Å². The second-order valence-electron chi connectivity index (χ2n) is 10.7. The molecule has 5 nitrogen and oxygen atoms in total. The molecule has 2 aliphatic heterocycles. The zero-order chi connectivity index (χ0) is 27.1. The molecule has 2 aliphatic rings. The number of nitriles is 1. The predicted octanol–water partition coefficient (Wildman–Crippen LogP) is 6.02. The van der Waals surface area contributed by atoms with E-state index in [1.54, 1.807) is 6.07 Å². The summed E-state index contributed by atoms with van der Waals surface area (Å²) in [5.74, 6) is 0.894. The Bertz CT molecular complexity index is 1110. The number of carbonyl (C=O) groups is 1. The monoisotopic (exact) mass is 526 g/mol. The highest BCUT2D eigenvalue weighted by atomic mass is 19.4. The normalized spacial score (nSPS) is 17.8. The van der Waals surface area contributed by atoms with Crippen LogP contribution >= 0.6 is 0 Å². The number of piperidine rings is 2. The average molecular weight is 527 g/mol. The molecule has 0 bridgehead atoms. The van der Waals surface area contributed by atoms with Crippen LogP contribution in [0, 0.1) is 24.2 Å². The quantitative estimate of drug-likeness (QED) is 0.457. The Labute approximate surface area is 223 Å². The van der Waals surface area contributed by atoms with Gasteiger partial charge in [-0.3, -0.25) is 4.79 Å². The van der Waals surface area contributed by atoms with Gasteiger partial charge in [0, 0.05) is 31.2 Å². The van der Waals surface area contributed by atoms with E-state index in [0.717, 1.165) is 44.5 Å². The molecule has 0 aromatic heterocycles. The minimum absolute atomic E-state index is 0.00530. The maximum absolute atomic E-state index is 13.2. The number of carbonyl (C=O) groups excluding carboxylic acids is 1. The Morgan fingerprint density at radius 1 is 1.03 bits per heavy atom. The van der Waals surface area contributed by atoms with Gasteiger partial charge in [-0.05, 0) is 94.8 Å². The van der Waals surface area contributed by atoms with Gasteiger partial charge in [0.1, 0.15) is 0 Å². The van der Waals surface area contributed by atoms with E-state index in [9.17, 15) is 18.0 Å². The Kier molecular flexibility index (Phi) is 9.32. The number of nitrogens with one attached hydrogen (secondary N) is 1. The van der Waals surface area contributed by atoms with Gasteiger partial charge in [0.15, 0.2) is 0 Å². The number of benzene rings is 2. The van der Waals surface area contributed by atoms with E-state index in [4.69, 9.17) is 5.26 Å². The number of amides is 1. The number of hydrogen-bond acceptors (Lipinski definition) is 4. The van der Waals surface area contributed by atoms with Crippen molar-refractivity contribution in [1.82, 2.24) is 9.80 Å². The molecule has 2 saturated heterocycles. The predicted molar refractivity (Wildman–Crippen MR) is 143 cm³/mol. The molecule has 2 heterocycles. The molecule has 4 rings (SSSR count). The first-order valence-electron chi connectivity index (χ1n) is 13.6. The molecule has 1 N–H and O–H groups in total. The summed E-state index contributed by atoms with van der Waals surface area (Å²) in [6.07, 6.45) is 1.72. The Balaban J connectivity index is 1.13. The van der Waals surface area contributed by atoms with Crippen molar-refractivity contribution < 1.29 is 18.0 Å². The first-order valence-corrected chi connectivity index (χ1v) is 13.6. The van der Waals surface area contributed by atoms with E-state index in [1.165, 1.54) is 36.1 Å². The van der Waals surface area contributed by atoms with Gasteiger partial charge >= 0.3 is 6.18 Å². The molecule has 0 atom stereocenters. The fourth-order valence-electron chi connectivity index (χ4n) is 5.56. The highest BCUT2D eigenvalue weighted by Gasteiger charge is 2.34. The van der Waals surface area contributed by atoms with E-state index in [-0.39, 0.29) is 17.5 Å². The van der Waals surface area contributed by atoms with E-state index in [0.29, 0.717) is 38.0 Å². The summed E-state index contributed by atoms with van der Waals surface area (Å²) in [6, 6.07) is 14.2. The van der Waals surface area contributed by atoms with Crippen LogP contribution in [-0.2, 0) is 17.4 Å². The summed E-state index contributed by atoms with van der Waals surface area (Å²) in [5, 5.41) is 12.1. The number of hydrogen-bond donors (Lipinski definition) is 1. The summed E-state index contributed by atoms with van der Waals surface area (Å²) in [5.41, 5.74) is 1.76. The van der Waals surface area contributed by atoms with Gasteiger partial charge in [0.05, 0.1) is 17.2 Å². The van der Waals surface area contributed by atoms with Crippen molar-refractivity contribution >= 4 is 11.6 Å². The van der Waals surface area contributed by atoms with Gasteiger partial charge in [-0.2, -0.15) is 18.4 Å². The van der Waals surface area contributed by atoms with Gasteiger partial charge in [-0.1, -0.05) is 29.8 Å². The van der Waals surface area contributed by atoms with Crippen LogP contribution < -0.4 is 5.32 Å². The second-order valence-corrected chi connectivity index (χ2v) is 10.7. The number of rotatable bonds is 8. The molecule has 8 heteroatoms. The summed E-state index contributed by atoms with van der Waals surface area (Å²) in [6.45, 7) is 6.44. The molecule has 0 aliphatic carbocycles. The van der Waals surface area contributed by atoms with Crippen LogP contribution in [0.25, 0.3) is 0 Å². The van der Waals surface area contributed by atoms with Gasteiger partial charge in [-0.25, -0.2) is 0 Å². The van der Waals surface area contributed by atoms with Crippen molar-refractivity contribution in [3.05, 3.63) is 64.7 Å². The number of anilines is 1. The van der Waals surface area contributed by atoms with Crippen molar-refractivity contribution in [3.8, 4) is 6.07 Å². The van der Waals surface area contributed by atoms with Crippen molar-refractivity contribution in [2.75, 3.05) is 38.0 Å². The maximum Gasteiger partial charge on any atom is 0.417 e. The molecule has 0 unspecified atom stereocenters. The standard InChI is InChI=1S/C30H37F3N4O/c1-22-4-6-23(7-5-22)19-24-10-15-36(16-11-24)14-2-3-29(38)37-17-12-26(13-18-37)35-27-9-8-25(21-34)28(20-27)30(31,32)33/h4-9,20,24,26,35H,2-3,10-19H2,1H3. The van der Waals surface area contributed by atoms with Crippen LogP contribution in [0.3, 0.4) is 0 Å². The summed E-state index contributed by atoms with van der Waals surface area (Å²) in [4.78, 5) is 17.1. The molecule has 2 fully saturated rings. The maximum atomic E-state index is 13.2. The van der Waals surface area contributed by atoms with Crippen molar-refractivity contribution in [1.29, 1.82) is 5.26 Å². The molecular weight excluding hydrogens is 489 g/mol. The molecule has 0 radical (unpaired) electrons. The number of nitrogens with zero attached hydrogens (tertiary/aromatic N) is 3. The van der Waals surface area contributed by atoms with Crippen LogP contribution in [0.2, 0.25) is 0 Å². The highest BCUT2D eigenvalue weighted by Crippen LogP contribution is 2.34. The first-order chi connectivity index (χ1) is 18.2. The van der Waals surface area contributed by atoms with Crippen LogP contribution in [0.5, 0.6) is 0 Å². The van der Waals surface area contributed by atoms with E-state index >= 15 is 0 Å². The summed E-state index contributed by atoms with van der Waals surface area (Å²) >= 11 is 0. The molecule has 204 valence electrons. The van der Waals surface area contributed by atoms with Crippen molar-refractivity contribution in [2.24, 2.45) is 5.92 Å². The second kappa shape index (κ2) is 12.7. The van der Waals surface area contributed by atoms with Gasteiger partial charge in [0.25, 0.3) is 0 Å². The zero-order valence-corrected chi connectivity index (χ0v) is 22.1. The Morgan fingerprint density at radius 3 is 2.34 bits per heavy atom. The lowest BCUT2D eigenvalue weighted by molar-refractivity contribution is -0.137. The largest absolute Gasteiger partial charge is 0.417 e. The lowest BCUT2D eigenvalue weighted by Crippen LogP contribution is -2.42. The number of aryl methyl sites for hydroxylation is 1. The third-order valence-corrected chi connectivity index (χ3v) is 7.88. The molecule has 38 heavy (non-hydrogen) atoms. The van der Waals surface area contributed by atoms with Crippen molar-refractivity contribution in [3.63, 3.8) is 0 Å². The Morgan fingerprint density at radius 2 is 1.71 bits per heavy atom. The van der Waals surface area contributed by atoms with E-state index in [2.05, 4.69) is 41.4 Å². The Hall–Kier alpha value is -3.05. The highest BCUT2D eigenvalue weighted by molar-refractivity contribution is 5.76. The van der Waals surface area contributed by atoms with Crippen LogP contribution in [0.1, 0.15) is 60.8 Å². The molecular formula is C30H37F3N4O. The smallest absolute Gasteiger partial charge is 0.382 e. The summed E-state index contributed by atoms with van der Waals surface area (Å²) in [7, 11) is 0. The lowest BCUT2D eigenvalue weighted by Gasteiger charge is -2.34. The van der Waals surface area contributed by atoms with Crippen molar-refractivity contribution in [2.45, 2.75) is 64.1 Å². The molecule has 2 aromatic carbocycles. The van der Waals surface area contributed by atoms with Gasteiger partial charge in [-0.15, -0.1) is 0 Å². The first kappa shape index (κ1) is 28.0. The molecule has 1 amide bonds. The zero-order valence-electron chi connectivity index (χ0n) is 22.1. The molecule has 2 aromatic rings. The number of likely N-dealkylation sites (tertiary alicyclic amines) is 2. The van der Waals surface area contributed by atoms with Gasteiger partial charge < -0.3 is 15.1 Å². The van der Waals surface area contributed by atoms with Crippen LogP contribution in [0.15, 0.2) is 42.5 Å². The molecule has 0 saturated carbocycles. The van der Waals surface area contributed by atoms with E-state index < -0.39 is 11.7 Å². The SMILES string of the molecule is Cc1ccc(CC2CCN(CCCC(=O)N3CCC(Nc4ccc(C#N)c(C(F)(F)F)c4)CC3)CC2)cc1. The lowest BCUT2D eigenvalue weighted by atomic mass is 9.90. The minimum atomic E-state index is -4.57. The van der Waals surface area contributed by atoms with Crippen LogP contribution in [-0.4, -0.2) is 54.5 Å². The third-order valence-electron chi connectivity index (χ3n) is 7.88. The number of halogens is 3. The molecule has 0 spiro atoms. The average Bonchev–Trinajstić information content (AvgIpc) is 2.91. The topological polar surface area (TPSA) is 59.4 Å². The van der Waals surface area contributed by atoms with Gasteiger partial charge in [0.2, 0.25) is 5.91 Å². The number of alkyl halides is 3. The summed E-state index contributed by atoms with van der Waals surface area (Å²) < 4.78 is 39.7. The van der Waals surface area contributed by atoms with Crippen LogP contribution in [0.4, 0.5) is 18.9 Å².